The third-order valence-corrected chi connectivity index (χ3v) is 3.13. The Morgan fingerprint density at radius 3 is 2.81 bits per heavy atom. The zero-order valence-electron chi connectivity index (χ0n) is 11.6. The maximum Gasteiger partial charge on any atom is 0.271 e. The van der Waals surface area contributed by atoms with Gasteiger partial charge in [-0.2, -0.15) is 0 Å². The maximum atomic E-state index is 12.0. The van der Waals surface area contributed by atoms with Gasteiger partial charge in [0.2, 0.25) is 0 Å². The SMILES string of the molecule is CC1(C)OCC(CNC(=O)c2cc(Cl)cc([N+](=O)[O-])c2)O1. The van der Waals surface area contributed by atoms with Crippen molar-refractivity contribution in [1.29, 1.82) is 0 Å². The molecule has 1 saturated heterocycles. The quantitative estimate of drug-likeness (QED) is 0.679. The van der Waals surface area contributed by atoms with Crippen LogP contribution in [-0.2, 0) is 9.47 Å². The van der Waals surface area contributed by atoms with Gasteiger partial charge in [0.25, 0.3) is 11.6 Å². The van der Waals surface area contributed by atoms with Gasteiger partial charge in [-0.1, -0.05) is 11.6 Å². The minimum atomic E-state index is -0.662. The minimum Gasteiger partial charge on any atom is -0.349 e. The van der Waals surface area contributed by atoms with E-state index in [1.165, 1.54) is 18.2 Å². The van der Waals surface area contributed by atoms with Gasteiger partial charge in [-0.25, -0.2) is 0 Å². The zero-order valence-corrected chi connectivity index (χ0v) is 12.3. The Bertz CT molecular complexity index is 576. The number of hydrogen-bond acceptors (Lipinski definition) is 5. The Morgan fingerprint density at radius 2 is 2.24 bits per heavy atom. The van der Waals surface area contributed by atoms with Crippen molar-refractivity contribution < 1.29 is 19.2 Å². The zero-order chi connectivity index (χ0) is 15.6. The molecule has 7 nitrogen and oxygen atoms in total. The van der Waals surface area contributed by atoms with E-state index in [9.17, 15) is 14.9 Å². The molecule has 1 fully saturated rings. The topological polar surface area (TPSA) is 90.7 Å². The van der Waals surface area contributed by atoms with E-state index in [4.69, 9.17) is 21.1 Å². The highest BCUT2D eigenvalue weighted by Gasteiger charge is 2.32. The van der Waals surface area contributed by atoms with Crippen molar-refractivity contribution in [3.63, 3.8) is 0 Å². The third kappa shape index (κ3) is 4.13. The van der Waals surface area contributed by atoms with Crippen LogP contribution in [-0.4, -0.2) is 35.9 Å². The van der Waals surface area contributed by atoms with E-state index in [1.807, 2.05) is 0 Å². The molecular weight excluding hydrogens is 300 g/mol. The second kappa shape index (κ2) is 5.97. The van der Waals surface area contributed by atoms with Gasteiger partial charge in [-0.15, -0.1) is 0 Å². The number of carbonyl (C=O) groups excluding carboxylic acids is 1. The number of nitro benzene ring substituents is 1. The van der Waals surface area contributed by atoms with Crippen molar-refractivity contribution in [2.75, 3.05) is 13.2 Å². The van der Waals surface area contributed by atoms with Gasteiger partial charge in [0.1, 0.15) is 6.10 Å². The molecule has 1 N–H and O–H groups in total. The number of nitrogens with one attached hydrogen (secondary N) is 1. The van der Waals surface area contributed by atoms with Crippen molar-refractivity contribution in [1.82, 2.24) is 5.32 Å². The van der Waals surface area contributed by atoms with E-state index < -0.39 is 16.6 Å². The second-order valence-electron chi connectivity index (χ2n) is 5.12. The number of halogens is 1. The first-order valence-corrected chi connectivity index (χ1v) is 6.69. The second-order valence-corrected chi connectivity index (χ2v) is 5.55. The molecule has 21 heavy (non-hydrogen) atoms. The standard InChI is InChI=1S/C13H15ClN2O5/c1-13(2)20-7-11(21-13)6-15-12(17)8-3-9(14)5-10(4-8)16(18)19/h3-5,11H,6-7H2,1-2H3,(H,15,17). The van der Waals surface area contributed by atoms with Crippen LogP contribution in [0, 0.1) is 10.1 Å². The van der Waals surface area contributed by atoms with Gasteiger partial charge in [-0.05, 0) is 19.9 Å². The summed E-state index contributed by atoms with van der Waals surface area (Å²) in [6, 6.07) is 3.74. The molecule has 0 aliphatic carbocycles. The van der Waals surface area contributed by atoms with Crippen LogP contribution in [0.25, 0.3) is 0 Å². The molecule has 1 heterocycles. The lowest BCUT2D eigenvalue weighted by Gasteiger charge is -2.17. The number of non-ortho nitro benzene ring substituents is 1. The molecular formula is C13H15ClN2O5. The van der Waals surface area contributed by atoms with Crippen LogP contribution >= 0.6 is 11.6 Å². The van der Waals surface area contributed by atoms with Crippen molar-refractivity contribution in [2.45, 2.75) is 25.7 Å². The summed E-state index contributed by atoms with van der Waals surface area (Å²) in [6.45, 7) is 4.20. The summed E-state index contributed by atoms with van der Waals surface area (Å²) in [7, 11) is 0. The number of rotatable bonds is 4. The lowest BCUT2D eigenvalue weighted by Crippen LogP contribution is -2.34. The van der Waals surface area contributed by atoms with E-state index >= 15 is 0 Å². The summed E-state index contributed by atoms with van der Waals surface area (Å²) < 4.78 is 10.9. The van der Waals surface area contributed by atoms with Gasteiger partial charge in [-0.3, -0.25) is 14.9 Å². The summed E-state index contributed by atoms with van der Waals surface area (Å²) in [4.78, 5) is 22.1. The van der Waals surface area contributed by atoms with Gasteiger partial charge < -0.3 is 14.8 Å². The van der Waals surface area contributed by atoms with Gasteiger partial charge in [0, 0.05) is 29.3 Å². The van der Waals surface area contributed by atoms with Crippen LogP contribution in [0.4, 0.5) is 5.69 Å². The summed E-state index contributed by atoms with van der Waals surface area (Å²) in [5.74, 6) is -1.11. The van der Waals surface area contributed by atoms with Gasteiger partial charge >= 0.3 is 0 Å². The normalized spacial score (nSPS) is 20.2. The Morgan fingerprint density at radius 1 is 1.52 bits per heavy atom. The number of carbonyl (C=O) groups is 1. The van der Waals surface area contributed by atoms with Crippen LogP contribution in [0.15, 0.2) is 18.2 Å². The first-order chi connectivity index (χ1) is 9.77. The smallest absolute Gasteiger partial charge is 0.271 e. The monoisotopic (exact) mass is 314 g/mol. The molecule has 1 aliphatic rings. The average Bonchev–Trinajstić information content (AvgIpc) is 2.74. The number of amides is 1. The largest absolute Gasteiger partial charge is 0.349 e. The highest BCUT2D eigenvalue weighted by molar-refractivity contribution is 6.31. The summed E-state index contributed by atoms with van der Waals surface area (Å²) in [5, 5.41) is 13.5. The van der Waals surface area contributed by atoms with Crippen molar-refractivity contribution >= 4 is 23.2 Å². The number of nitro groups is 1. The highest BCUT2D eigenvalue weighted by atomic mass is 35.5. The molecule has 1 unspecified atom stereocenters. The van der Waals surface area contributed by atoms with Crippen LogP contribution < -0.4 is 5.32 Å². The number of hydrogen-bond donors (Lipinski definition) is 1. The molecule has 0 aromatic heterocycles. The molecule has 1 aromatic carbocycles. The fraction of sp³-hybridized carbons (Fsp3) is 0.462. The van der Waals surface area contributed by atoms with E-state index in [0.717, 1.165) is 0 Å². The van der Waals surface area contributed by atoms with Crippen LogP contribution in [0.5, 0.6) is 0 Å². The van der Waals surface area contributed by atoms with E-state index in [0.29, 0.717) is 6.61 Å². The van der Waals surface area contributed by atoms with Crippen molar-refractivity contribution in [3.05, 3.63) is 38.9 Å². The molecule has 1 amide bonds. The van der Waals surface area contributed by atoms with E-state index in [-0.39, 0.29) is 28.9 Å². The number of ether oxygens (including phenoxy) is 2. The van der Waals surface area contributed by atoms with E-state index in [1.54, 1.807) is 13.8 Å². The van der Waals surface area contributed by atoms with Crippen molar-refractivity contribution in [3.8, 4) is 0 Å². The molecule has 0 spiro atoms. The first kappa shape index (κ1) is 15.7. The molecule has 0 bridgehead atoms. The molecule has 114 valence electrons. The summed E-state index contributed by atoms with van der Waals surface area (Å²) in [5.41, 5.74) is -0.0957. The lowest BCUT2D eigenvalue weighted by molar-refractivity contribution is -0.384. The van der Waals surface area contributed by atoms with Crippen LogP contribution in [0.2, 0.25) is 5.02 Å². The Kier molecular flexibility index (Phi) is 4.46. The predicted molar refractivity (Wildman–Crippen MR) is 75.3 cm³/mol. The fourth-order valence-corrected chi connectivity index (χ4v) is 2.21. The first-order valence-electron chi connectivity index (χ1n) is 6.32. The fourth-order valence-electron chi connectivity index (χ4n) is 1.98. The highest BCUT2D eigenvalue weighted by Crippen LogP contribution is 2.23. The average molecular weight is 315 g/mol. The molecule has 1 aromatic rings. The van der Waals surface area contributed by atoms with Crippen LogP contribution in [0.1, 0.15) is 24.2 Å². The molecule has 1 aliphatic heterocycles. The molecule has 0 radical (unpaired) electrons. The molecule has 0 saturated carbocycles. The summed E-state index contributed by atoms with van der Waals surface area (Å²) >= 11 is 5.77. The Balaban J connectivity index is 1.99. The number of benzene rings is 1. The number of nitrogens with zero attached hydrogens (tertiary/aromatic N) is 1. The predicted octanol–water partition coefficient (Wildman–Crippen LogP) is 2.13. The van der Waals surface area contributed by atoms with E-state index in [2.05, 4.69) is 5.32 Å². The molecule has 8 heteroatoms. The lowest BCUT2D eigenvalue weighted by atomic mass is 10.2. The third-order valence-electron chi connectivity index (χ3n) is 2.91. The van der Waals surface area contributed by atoms with Crippen LogP contribution in [0.3, 0.4) is 0 Å². The Labute approximate surface area is 126 Å². The molecule has 2 rings (SSSR count). The Hall–Kier alpha value is -1.70. The van der Waals surface area contributed by atoms with Crippen molar-refractivity contribution in [2.24, 2.45) is 0 Å². The maximum absolute atomic E-state index is 12.0. The van der Waals surface area contributed by atoms with Gasteiger partial charge in [0.15, 0.2) is 5.79 Å². The molecule has 1 atom stereocenters. The minimum absolute atomic E-state index is 0.132. The van der Waals surface area contributed by atoms with Gasteiger partial charge in [0.05, 0.1) is 11.5 Å². The summed E-state index contributed by atoms with van der Waals surface area (Å²) in [6.07, 6.45) is -0.252.